The first kappa shape index (κ1) is 19.8. The van der Waals surface area contributed by atoms with Gasteiger partial charge in [-0.2, -0.15) is 0 Å². The number of benzene rings is 1. The minimum absolute atomic E-state index is 0.0000842. The third kappa shape index (κ3) is 4.54. The average Bonchev–Trinajstić information content (AvgIpc) is 2.49. The number of nitrogens with zero attached hydrogens (tertiary/aromatic N) is 1. The molecule has 2 amide bonds. The molecule has 1 aliphatic rings. The van der Waals surface area contributed by atoms with Crippen LogP contribution in [0, 0.1) is 11.6 Å². The molecule has 1 heterocycles. The van der Waals surface area contributed by atoms with Crippen LogP contribution in [0.25, 0.3) is 0 Å². The summed E-state index contributed by atoms with van der Waals surface area (Å²) < 4.78 is 31.5. The van der Waals surface area contributed by atoms with Crippen molar-refractivity contribution >= 4 is 34.9 Å². The van der Waals surface area contributed by atoms with Crippen molar-refractivity contribution in [3.8, 4) is 0 Å². The van der Waals surface area contributed by atoms with E-state index in [0.717, 1.165) is 17.0 Å². The van der Waals surface area contributed by atoms with Gasteiger partial charge in [-0.25, -0.2) is 18.5 Å². The fraction of sp³-hybridized carbons (Fsp3) is 0.353. The van der Waals surface area contributed by atoms with Gasteiger partial charge in [0.25, 0.3) is 5.91 Å². The number of rotatable bonds is 2. The molecule has 2 rings (SSSR count). The highest BCUT2D eigenvalue weighted by atomic mass is 32.1. The fourth-order valence-corrected chi connectivity index (χ4v) is 2.51. The molecule has 0 atom stereocenters. The fourth-order valence-electron chi connectivity index (χ4n) is 2.19. The van der Waals surface area contributed by atoms with E-state index in [-0.39, 0.29) is 35.0 Å². The minimum Gasteiger partial charge on any atom is -0.511 e. The highest BCUT2D eigenvalue weighted by Gasteiger charge is 2.36. The number of hydrogen-bond acceptors (Lipinski definition) is 5. The molecule has 0 saturated carbocycles. The molecule has 26 heavy (non-hydrogen) atoms. The minimum atomic E-state index is -1.10. The summed E-state index contributed by atoms with van der Waals surface area (Å²) in [6.07, 6.45) is -0.858. The monoisotopic (exact) mass is 384 g/mol. The zero-order valence-corrected chi connectivity index (χ0v) is 15.2. The summed E-state index contributed by atoms with van der Waals surface area (Å²) in [6.45, 7) is 4.91. The second-order valence-electron chi connectivity index (χ2n) is 6.59. The summed E-state index contributed by atoms with van der Waals surface area (Å²) in [7, 11) is 0. The Balaban J connectivity index is 2.20. The van der Waals surface area contributed by atoms with Gasteiger partial charge in [0.2, 0.25) is 0 Å². The van der Waals surface area contributed by atoms with E-state index in [1.165, 1.54) is 6.07 Å². The first-order valence-corrected chi connectivity index (χ1v) is 8.14. The largest absolute Gasteiger partial charge is 0.511 e. The topological polar surface area (TPSA) is 78.9 Å². The Morgan fingerprint density at radius 1 is 1.31 bits per heavy atom. The number of hydrogen-bond donors (Lipinski definition) is 2. The first-order valence-electron chi connectivity index (χ1n) is 7.73. The molecule has 9 heteroatoms. The van der Waals surface area contributed by atoms with Gasteiger partial charge in [0.1, 0.15) is 21.9 Å². The molecule has 0 spiro atoms. The van der Waals surface area contributed by atoms with Gasteiger partial charge in [0.15, 0.2) is 11.6 Å². The van der Waals surface area contributed by atoms with Crippen molar-refractivity contribution in [2.75, 3.05) is 11.9 Å². The van der Waals surface area contributed by atoms with Crippen LogP contribution in [0.5, 0.6) is 0 Å². The molecule has 140 valence electrons. The number of amides is 2. The number of ether oxygens (including phenoxy) is 1. The summed E-state index contributed by atoms with van der Waals surface area (Å²) in [5.41, 5.74) is -0.997. The molecule has 6 nitrogen and oxygen atoms in total. The van der Waals surface area contributed by atoms with Crippen molar-refractivity contribution in [2.45, 2.75) is 32.8 Å². The molecule has 0 fully saturated rings. The van der Waals surface area contributed by atoms with Gasteiger partial charge in [-0.05, 0) is 32.9 Å². The summed E-state index contributed by atoms with van der Waals surface area (Å²) in [5.74, 6) is -3.26. The number of halogens is 2. The van der Waals surface area contributed by atoms with Gasteiger partial charge in [-0.3, -0.25) is 4.79 Å². The second kappa shape index (κ2) is 7.36. The summed E-state index contributed by atoms with van der Waals surface area (Å²) in [5, 5.41) is 12.6. The Kier molecular flexibility index (Phi) is 5.60. The SMILES string of the molecule is CC(C)(C)OC(=O)N1CCC(O)=C(C(=S)Nc2ccc(F)c(F)c2)C1=O. The van der Waals surface area contributed by atoms with Crippen molar-refractivity contribution in [1.82, 2.24) is 4.90 Å². The summed E-state index contributed by atoms with van der Waals surface area (Å²) >= 11 is 5.09. The lowest BCUT2D eigenvalue weighted by Crippen LogP contribution is -2.46. The lowest BCUT2D eigenvalue weighted by Gasteiger charge is -2.29. The van der Waals surface area contributed by atoms with Crippen LogP contribution in [0.4, 0.5) is 19.3 Å². The van der Waals surface area contributed by atoms with Gasteiger partial charge < -0.3 is 15.2 Å². The number of anilines is 1. The van der Waals surface area contributed by atoms with Crippen LogP contribution >= 0.6 is 12.2 Å². The Morgan fingerprint density at radius 2 is 1.96 bits per heavy atom. The van der Waals surface area contributed by atoms with Crippen LogP contribution in [0.15, 0.2) is 29.5 Å². The highest BCUT2D eigenvalue weighted by Crippen LogP contribution is 2.23. The van der Waals surface area contributed by atoms with E-state index in [1.807, 2.05) is 0 Å². The Labute approximate surface area is 154 Å². The van der Waals surface area contributed by atoms with E-state index in [0.29, 0.717) is 0 Å². The van der Waals surface area contributed by atoms with Gasteiger partial charge in [0, 0.05) is 24.7 Å². The average molecular weight is 384 g/mol. The third-order valence-corrected chi connectivity index (χ3v) is 3.64. The maximum Gasteiger partial charge on any atom is 0.417 e. The second-order valence-corrected chi connectivity index (χ2v) is 7.00. The van der Waals surface area contributed by atoms with E-state index in [1.54, 1.807) is 20.8 Å². The van der Waals surface area contributed by atoms with Crippen molar-refractivity contribution in [3.63, 3.8) is 0 Å². The lowest BCUT2D eigenvalue weighted by molar-refractivity contribution is -0.126. The van der Waals surface area contributed by atoms with Crippen molar-refractivity contribution in [2.24, 2.45) is 0 Å². The number of carbonyl (C=O) groups is 2. The quantitative estimate of drug-likeness (QED) is 0.758. The van der Waals surface area contributed by atoms with E-state index in [2.05, 4.69) is 5.32 Å². The summed E-state index contributed by atoms with van der Waals surface area (Å²) in [4.78, 5) is 25.3. The molecular formula is C17H18F2N2O4S. The van der Waals surface area contributed by atoms with Crippen LogP contribution in [0.3, 0.4) is 0 Å². The van der Waals surface area contributed by atoms with Crippen LogP contribution < -0.4 is 5.32 Å². The van der Waals surface area contributed by atoms with Crippen molar-refractivity contribution in [3.05, 3.63) is 41.2 Å². The highest BCUT2D eigenvalue weighted by molar-refractivity contribution is 7.81. The molecule has 1 aromatic carbocycles. The van der Waals surface area contributed by atoms with Crippen molar-refractivity contribution in [1.29, 1.82) is 0 Å². The van der Waals surface area contributed by atoms with Gasteiger partial charge in [-0.1, -0.05) is 12.2 Å². The molecular weight excluding hydrogens is 366 g/mol. The Morgan fingerprint density at radius 3 is 2.54 bits per heavy atom. The number of aliphatic hydroxyl groups is 1. The number of thiocarbonyl (C=S) groups is 1. The van der Waals surface area contributed by atoms with Gasteiger partial charge >= 0.3 is 6.09 Å². The van der Waals surface area contributed by atoms with E-state index < -0.39 is 29.2 Å². The number of carbonyl (C=O) groups excluding carboxylic acids is 2. The molecule has 2 N–H and O–H groups in total. The van der Waals surface area contributed by atoms with E-state index >= 15 is 0 Å². The molecule has 0 aromatic heterocycles. The molecule has 1 aromatic rings. The van der Waals surface area contributed by atoms with Crippen LogP contribution in [-0.4, -0.2) is 39.1 Å². The van der Waals surface area contributed by atoms with Crippen LogP contribution in [0.1, 0.15) is 27.2 Å². The molecule has 0 unspecified atom stereocenters. The maximum absolute atomic E-state index is 13.3. The lowest BCUT2D eigenvalue weighted by atomic mass is 10.1. The van der Waals surface area contributed by atoms with Crippen LogP contribution in [0.2, 0.25) is 0 Å². The normalized spacial score (nSPS) is 15.1. The smallest absolute Gasteiger partial charge is 0.417 e. The maximum atomic E-state index is 13.3. The molecule has 0 aliphatic carbocycles. The molecule has 0 bridgehead atoms. The first-order chi connectivity index (χ1) is 12.0. The number of aliphatic hydroxyl groups excluding tert-OH is 1. The number of imide groups is 1. The van der Waals surface area contributed by atoms with Gasteiger partial charge in [0.05, 0.1) is 0 Å². The molecule has 0 radical (unpaired) electrons. The zero-order valence-electron chi connectivity index (χ0n) is 14.4. The predicted octanol–water partition coefficient (Wildman–Crippen LogP) is 3.68. The molecule has 1 aliphatic heterocycles. The number of nitrogens with one attached hydrogen (secondary N) is 1. The predicted molar refractivity (Wildman–Crippen MR) is 94.8 cm³/mol. The van der Waals surface area contributed by atoms with Crippen molar-refractivity contribution < 1.29 is 28.2 Å². The molecule has 0 saturated heterocycles. The van der Waals surface area contributed by atoms with Crippen LogP contribution in [-0.2, 0) is 9.53 Å². The Hall–Kier alpha value is -2.55. The zero-order chi connectivity index (χ0) is 19.6. The summed E-state index contributed by atoms with van der Waals surface area (Å²) in [6, 6.07) is 2.98. The van der Waals surface area contributed by atoms with Gasteiger partial charge in [-0.15, -0.1) is 0 Å². The standard InChI is InChI=1S/C17H18F2N2O4S/c1-17(2,3)25-16(24)21-7-6-12(22)13(15(21)23)14(26)20-9-4-5-10(18)11(19)8-9/h4-5,8,22H,6-7H2,1-3H3,(H,20,26). The van der Waals surface area contributed by atoms with E-state index in [4.69, 9.17) is 17.0 Å². The Bertz CT molecular complexity index is 802. The third-order valence-electron chi connectivity index (χ3n) is 3.34. The van der Waals surface area contributed by atoms with E-state index in [9.17, 15) is 23.5 Å².